The van der Waals surface area contributed by atoms with E-state index >= 15 is 0 Å². The molecule has 0 amide bonds. The van der Waals surface area contributed by atoms with Crippen molar-refractivity contribution in [1.82, 2.24) is 0 Å². The number of rotatable bonds is 5. The van der Waals surface area contributed by atoms with Gasteiger partial charge in [-0.1, -0.05) is 18.2 Å². The molecule has 0 aliphatic carbocycles. The van der Waals surface area contributed by atoms with E-state index in [-0.39, 0.29) is 5.56 Å². The van der Waals surface area contributed by atoms with Gasteiger partial charge in [-0.15, -0.1) is 0 Å². The number of ether oxygens (including phenoxy) is 2. The van der Waals surface area contributed by atoms with Crippen molar-refractivity contribution in [3.8, 4) is 17.2 Å². The standard InChI is InChI=1S/C19H10F4O6S/c20-13-15(22)18(30(25,26)27)16(23)14(21)17(13)29-19(24)10-6-8-12(9-7-10)28-11-4-2-1-3-5-11/h1-9H,(H,25,26,27)/p-1. The second-order valence-electron chi connectivity index (χ2n) is 5.70. The van der Waals surface area contributed by atoms with E-state index in [0.717, 1.165) is 12.1 Å². The van der Waals surface area contributed by atoms with Crippen LogP contribution in [-0.2, 0) is 10.1 Å². The summed E-state index contributed by atoms with van der Waals surface area (Å²) in [6, 6.07) is 13.5. The van der Waals surface area contributed by atoms with Crippen molar-refractivity contribution in [3.63, 3.8) is 0 Å². The molecule has 0 aromatic heterocycles. The zero-order chi connectivity index (χ0) is 22.1. The molecule has 0 saturated heterocycles. The van der Waals surface area contributed by atoms with Gasteiger partial charge in [0.15, 0.2) is 11.6 Å². The first kappa shape index (κ1) is 21.3. The molecule has 3 aromatic carbocycles. The highest BCUT2D eigenvalue weighted by Crippen LogP contribution is 2.33. The van der Waals surface area contributed by atoms with E-state index in [1.807, 2.05) is 0 Å². The number of carbonyl (C=O) groups is 1. The number of esters is 1. The van der Waals surface area contributed by atoms with Gasteiger partial charge < -0.3 is 14.0 Å². The number of carbonyl (C=O) groups excluding carboxylic acids is 1. The monoisotopic (exact) mass is 441 g/mol. The lowest BCUT2D eigenvalue weighted by molar-refractivity contribution is 0.0716. The van der Waals surface area contributed by atoms with E-state index < -0.39 is 50.0 Å². The van der Waals surface area contributed by atoms with Gasteiger partial charge in [-0.05, 0) is 36.4 Å². The van der Waals surface area contributed by atoms with Crippen molar-refractivity contribution >= 4 is 16.1 Å². The highest BCUT2D eigenvalue weighted by molar-refractivity contribution is 7.85. The molecule has 0 aliphatic rings. The van der Waals surface area contributed by atoms with Gasteiger partial charge in [-0.2, -0.15) is 8.78 Å². The Labute approximate surface area is 167 Å². The van der Waals surface area contributed by atoms with Gasteiger partial charge in [-0.25, -0.2) is 22.0 Å². The smallest absolute Gasteiger partial charge is 0.343 e. The number of hydrogen-bond acceptors (Lipinski definition) is 6. The first-order valence-electron chi connectivity index (χ1n) is 7.96. The molecule has 3 rings (SSSR count). The zero-order valence-electron chi connectivity index (χ0n) is 14.6. The third-order valence-corrected chi connectivity index (χ3v) is 4.55. The minimum Gasteiger partial charge on any atom is -0.744 e. The van der Waals surface area contributed by atoms with Crippen molar-refractivity contribution in [3.05, 3.63) is 83.4 Å². The van der Waals surface area contributed by atoms with Gasteiger partial charge in [0.1, 0.15) is 26.5 Å². The Morgan fingerprint density at radius 3 is 1.77 bits per heavy atom. The summed E-state index contributed by atoms with van der Waals surface area (Å²) in [4.78, 5) is 9.72. The first-order valence-corrected chi connectivity index (χ1v) is 9.37. The molecular weight excluding hydrogens is 432 g/mol. The summed E-state index contributed by atoms with van der Waals surface area (Å²) in [6.07, 6.45) is 0. The van der Waals surface area contributed by atoms with E-state index in [1.165, 1.54) is 12.1 Å². The Bertz CT molecular complexity index is 1180. The molecule has 0 heterocycles. The van der Waals surface area contributed by atoms with E-state index in [2.05, 4.69) is 4.74 Å². The molecule has 0 unspecified atom stereocenters. The maximum atomic E-state index is 13.9. The van der Waals surface area contributed by atoms with Crippen molar-refractivity contribution < 1.29 is 44.8 Å². The predicted molar refractivity (Wildman–Crippen MR) is 92.2 cm³/mol. The van der Waals surface area contributed by atoms with Crippen LogP contribution in [0.4, 0.5) is 17.6 Å². The van der Waals surface area contributed by atoms with Crippen LogP contribution in [0, 0.1) is 23.3 Å². The quantitative estimate of drug-likeness (QED) is 0.194. The molecular formula is C19H9F4O6S-. The van der Waals surface area contributed by atoms with Gasteiger partial charge in [-0.3, -0.25) is 0 Å². The normalized spacial score (nSPS) is 11.2. The van der Waals surface area contributed by atoms with Crippen LogP contribution >= 0.6 is 0 Å². The van der Waals surface area contributed by atoms with E-state index in [0.29, 0.717) is 11.5 Å². The van der Waals surface area contributed by atoms with Crippen LogP contribution in [0.15, 0.2) is 59.5 Å². The predicted octanol–water partition coefficient (Wildman–Crippen LogP) is 4.16. The molecule has 30 heavy (non-hydrogen) atoms. The number of halogens is 4. The Balaban J connectivity index is 1.86. The average molecular weight is 441 g/mol. The molecule has 0 spiro atoms. The molecule has 11 heteroatoms. The van der Waals surface area contributed by atoms with Gasteiger partial charge in [0, 0.05) is 0 Å². The highest BCUT2D eigenvalue weighted by Gasteiger charge is 2.31. The van der Waals surface area contributed by atoms with E-state index in [1.54, 1.807) is 30.3 Å². The largest absolute Gasteiger partial charge is 0.744 e. The summed E-state index contributed by atoms with van der Waals surface area (Å²) in [6.45, 7) is 0. The maximum absolute atomic E-state index is 13.9. The lowest BCUT2D eigenvalue weighted by Crippen LogP contribution is -2.16. The highest BCUT2D eigenvalue weighted by atomic mass is 32.2. The lowest BCUT2D eigenvalue weighted by Gasteiger charge is -2.14. The topological polar surface area (TPSA) is 92.7 Å². The minimum absolute atomic E-state index is 0.268. The molecule has 0 radical (unpaired) electrons. The average Bonchev–Trinajstić information content (AvgIpc) is 2.70. The fourth-order valence-corrected chi connectivity index (χ4v) is 2.95. The van der Waals surface area contributed by atoms with Crippen LogP contribution in [0.3, 0.4) is 0 Å². The molecule has 6 nitrogen and oxygen atoms in total. The SMILES string of the molecule is O=C(Oc1c(F)c(F)c(S(=O)(=O)[O-])c(F)c1F)c1ccc(Oc2ccccc2)cc1. The van der Waals surface area contributed by atoms with Crippen LogP contribution in [0.1, 0.15) is 10.4 Å². The van der Waals surface area contributed by atoms with Crippen molar-refractivity contribution in [2.75, 3.05) is 0 Å². The van der Waals surface area contributed by atoms with Crippen molar-refractivity contribution in [2.45, 2.75) is 4.90 Å². The van der Waals surface area contributed by atoms with Crippen molar-refractivity contribution in [1.29, 1.82) is 0 Å². The third kappa shape index (κ3) is 4.26. The first-order chi connectivity index (χ1) is 14.1. The Kier molecular flexibility index (Phi) is 5.76. The Morgan fingerprint density at radius 2 is 1.27 bits per heavy atom. The van der Waals surface area contributed by atoms with Crippen LogP contribution < -0.4 is 9.47 Å². The molecule has 3 aromatic rings. The lowest BCUT2D eigenvalue weighted by atomic mass is 10.2. The second kappa shape index (κ2) is 8.13. The Morgan fingerprint density at radius 1 is 0.767 bits per heavy atom. The van der Waals surface area contributed by atoms with Crippen LogP contribution in [0.5, 0.6) is 17.2 Å². The zero-order valence-corrected chi connectivity index (χ0v) is 15.4. The van der Waals surface area contributed by atoms with Gasteiger partial charge in [0.05, 0.1) is 5.56 Å². The van der Waals surface area contributed by atoms with Crippen LogP contribution in [0.25, 0.3) is 0 Å². The summed E-state index contributed by atoms with van der Waals surface area (Å²) in [5.41, 5.74) is -0.268. The fraction of sp³-hybridized carbons (Fsp3) is 0. The van der Waals surface area contributed by atoms with Gasteiger partial charge in [0.2, 0.25) is 17.4 Å². The maximum Gasteiger partial charge on any atom is 0.343 e. The fourth-order valence-electron chi connectivity index (χ4n) is 2.34. The van der Waals surface area contributed by atoms with Crippen LogP contribution in [-0.4, -0.2) is 18.9 Å². The van der Waals surface area contributed by atoms with Crippen molar-refractivity contribution in [2.24, 2.45) is 0 Å². The molecule has 156 valence electrons. The molecule has 0 atom stereocenters. The Hall–Kier alpha value is -3.44. The minimum atomic E-state index is -5.87. The van der Waals surface area contributed by atoms with Gasteiger partial charge >= 0.3 is 5.97 Å². The summed E-state index contributed by atoms with van der Waals surface area (Å²) < 4.78 is 97.6. The second-order valence-corrected chi connectivity index (χ2v) is 7.01. The molecule has 0 bridgehead atoms. The third-order valence-electron chi connectivity index (χ3n) is 3.70. The summed E-state index contributed by atoms with van der Waals surface area (Å²) in [7, 11) is -5.87. The van der Waals surface area contributed by atoms with E-state index in [9.17, 15) is 35.3 Å². The molecule has 0 aliphatic heterocycles. The number of hydrogen-bond donors (Lipinski definition) is 0. The number of benzene rings is 3. The van der Waals surface area contributed by atoms with Gasteiger partial charge in [0.25, 0.3) is 0 Å². The number of para-hydroxylation sites is 1. The summed E-state index contributed by atoms with van der Waals surface area (Å²) in [5.74, 6) is -12.1. The summed E-state index contributed by atoms with van der Waals surface area (Å²) >= 11 is 0. The van der Waals surface area contributed by atoms with Crippen LogP contribution in [0.2, 0.25) is 0 Å². The summed E-state index contributed by atoms with van der Waals surface area (Å²) in [5, 5.41) is 0. The van der Waals surface area contributed by atoms with E-state index in [4.69, 9.17) is 4.74 Å². The molecule has 0 N–H and O–H groups in total. The molecule has 0 fully saturated rings. The molecule has 0 saturated carbocycles.